The third-order valence-corrected chi connectivity index (χ3v) is 13.6. The summed E-state index contributed by atoms with van der Waals surface area (Å²) in [7, 11) is -2.14. The highest BCUT2D eigenvalue weighted by Crippen LogP contribution is 2.33. The van der Waals surface area contributed by atoms with Crippen LogP contribution in [0.3, 0.4) is 0 Å². The maximum atomic E-state index is 13.7. The molecule has 2 fully saturated rings. The first-order valence-electron chi connectivity index (χ1n) is 16.0. The predicted octanol–water partition coefficient (Wildman–Crippen LogP) is 1.99. The maximum Gasteiger partial charge on any atom is 0.315 e. The van der Waals surface area contributed by atoms with E-state index in [1.165, 1.54) is 13.2 Å². The number of anilines is 1. The summed E-state index contributed by atoms with van der Waals surface area (Å²) >= 11 is 6.73. The Kier molecular flexibility index (Phi) is 13.7. The van der Waals surface area contributed by atoms with Crippen molar-refractivity contribution in [2.24, 2.45) is 0 Å². The van der Waals surface area contributed by atoms with Crippen LogP contribution >= 0.6 is 11.8 Å². The number of urea groups is 1. The highest BCUT2D eigenvalue weighted by Gasteiger charge is 2.42. The molecule has 2 aromatic rings. The van der Waals surface area contributed by atoms with Crippen LogP contribution in [-0.2, 0) is 43.8 Å². The van der Waals surface area contributed by atoms with E-state index < -0.39 is 30.7 Å². The van der Waals surface area contributed by atoms with Gasteiger partial charge in [-0.25, -0.2) is 17.4 Å². The van der Waals surface area contributed by atoms with E-state index in [1.807, 2.05) is 42.9 Å². The fraction of sp³-hybridized carbons (Fsp3) is 0.581. The minimum Gasteiger partial charge on any atom is -0.377 e. The van der Waals surface area contributed by atoms with Gasteiger partial charge >= 0.3 is 6.03 Å². The summed E-state index contributed by atoms with van der Waals surface area (Å²) in [6.45, 7) is 0.346. The molecule has 48 heavy (non-hydrogen) atoms. The van der Waals surface area contributed by atoms with Crippen molar-refractivity contribution in [2.75, 3.05) is 50.7 Å². The fourth-order valence-electron chi connectivity index (χ4n) is 5.95. The minimum atomic E-state index is -4.14. The summed E-state index contributed by atoms with van der Waals surface area (Å²) in [5.74, 6) is 0.180. The van der Waals surface area contributed by atoms with Gasteiger partial charge < -0.3 is 26.2 Å². The van der Waals surface area contributed by atoms with Crippen molar-refractivity contribution >= 4 is 76.1 Å². The Morgan fingerprint density at radius 2 is 1.77 bits per heavy atom. The number of amides is 4. The van der Waals surface area contributed by atoms with Crippen molar-refractivity contribution in [1.82, 2.24) is 26.0 Å². The van der Waals surface area contributed by atoms with Gasteiger partial charge in [-0.3, -0.25) is 13.8 Å². The number of sulfonamides is 1. The molecule has 4 rings (SSSR count). The summed E-state index contributed by atoms with van der Waals surface area (Å²) in [5.41, 5.74) is 0.856. The van der Waals surface area contributed by atoms with Crippen LogP contribution in [0.15, 0.2) is 41.3 Å². The number of hydrogen-bond acceptors (Lipinski definition) is 10. The van der Waals surface area contributed by atoms with E-state index in [2.05, 4.69) is 26.0 Å². The second kappa shape index (κ2) is 17.3. The van der Waals surface area contributed by atoms with E-state index in [4.69, 9.17) is 15.4 Å². The zero-order valence-electron chi connectivity index (χ0n) is 27.5. The maximum absolute atomic E-state index is 13.7. The van der Waals surface area contributed by atoms with Crippen LogP contribution in [0.25, 0.3) is 10.8 Å². The van der Waals surface area contributed by atoms with Crippen LogP contribution in [-0.4, -0.2) is 99.6 Å². The lowest BCUT2D eigenvalue weighted by Crippen LogP contribution is -2.47. The predicted molar refractivity (Wildman–Crippen MR) is 194 cm³/mol. The monoisotopic (exact) mass is 742 g/mol. The van der Waals surface area contributed by atoms with Gasteiger partial charge in [-0.1, -0.05) is 30.7 Å². The molecule has 0 saturated carbocycles. The Bertz CT molecular complexity index is 1670. The van der Waals surface area contributed by atoms with Crippen LogP contribution in [0.5, 0.6) is 0 Å². The number of nitrogens with one attached hydrogen (secondary N) is 5. The molecule has 0 radical (unpaired) electrons. The molecule has 0 aromatic heterocycles. The van der Waals surface area contributed by atoms with Gasteiger partial charge in [0.2, 0.25) is 21.8 Å². The van der Waals surface area contributed by atoms with Gasteiger partial charge in [-0.05, 0) is 44.2 Å². The number of thioether (sulfide) groups is 1. The molecule has 4 amide bonds. The van der Waals surface area contributed by atoms with Crippen molar-refractivity contribution in [3.8, 4) is 0 Å². The Hall–Kier alpha value is -2.70. The van der Waals surface area contributed by atoms with E-state index in [1.54, 1.807) is 18.2 Å². The molecule has 2 aliphatic heterocycles. The van der Waals surface area contributed by atoms with Gasteiger partial charge in [-0.2, -0.15) is 16.5 Å². The summed E-state index contributed by atoms with van der Waals surface area (Å²) in [4.78, 5) is 39.2. The van der Waals surface area contributed by atoms with Gasteiger partial charge in [-0.15, -0.1) is 0 Å². The molecule has 0 aliphatic carbocycles. The summed E-state index contributed by atoms with van der Waals surface area (Å²) in [5, 5.41) is 13.1. The molecule has 266 valence electrons. The highest BCUT2D eigenvalue weighted by atomic mass is 32.8. The van der Waals surface area contributed by atoms with Gasteiger partial charge in [0.25, 0.3) is 0 Å². The second-order valence-corrected chi connectivity index (χ2v) is 18.5. The van der Waals surface area contributed by atoms with Crippen molar-refractivity contribution in [1.29, 1.82) is 0 Å². The Morgan fingerprint density at radius 1 is 1.02 bits per heavy atom. The van der Waals surface area contributed by atoms with E-state index in [0.29, 0.717) is 36.4 Å². The summed E-state index contributed by atoms with van der Waals surface area (Å²) < 4.78 is 46.9. The first-order chi connectivity index (χ1) is 22.8. The smallest absolute Gasteiger partial charge is 0.315 e. The van der Waals surface area contributed by atoms with Crippen molar-refractivity contribution < 1.29 is 31.2 Å². The number of fused-ring (bicyclic) bond motifs is 2. The average Bonchev–Trinajstić information content (AvgIpc) is 3.60. The van der Waals surface area contributed by atoms with Gasteiger partial charge in [0.05, 0.1) is 29.8 Å². The number of carbonyl (C=O) groups excluding carboxylic acids is 3. The van der Waals surface area contributed by atoms with Crippen molar-refractivity contribution in [3.63, 3.8) is 0 Å². The lowest BCUT2D eigenvalue weighted by Gasteiger charge is -2.20. The first-order valence-corrected chi connectivity index (χ1v) is 21.1. The van der Waals surface area contributed by atoms with E-state index in [9.17, 15) is 27.0 Å². The molecule has 17 heteroatoms. The SMILES string of the molecule is COS(=O)(=S)CCNC(=O)[C@H](CCCCNC(=O)CCCC[C@@H]1SC[C@@H]2NC(=O)N[C@H]21)NS(=O)(=O)c1cccc2c(N(C)C)cccc12. The van der Waals surface area contributed by atoms with Crippen LogP contribution in [0, 0.1) is 0 Å². The lowest BCUT2D eigenvalue weighted by atomic mass is 10.0. The van der Waals surface area contributed by atoms with Crippen LogP contribution in [0.2, 0.25) is 0 Å². The van der Waals surface area contributed by atoms with Crippen molar-refractivity contribution in [2.45, 2.75) is 73.2 Å². The van der Waals surface area contributed by atoms with Crippen LogP contribution in [0.4, 0.5) is 10.5 Å². The van der Waals surface area contributed by atoms with Crippen LogP contribution < -0.4 is 30.9 Å². The third kappa shape index (κ3) is 10.4. The number of benzene rings is 2. The molecular weight excluding hydrogens is 697 g/mol. The van der Waals surface area contributed by atoms with E-state index in [0.717, 1.165) is 36.1 Å². The van der Waals surface area contributed by atoms with E-state index in [-0.39, 0.29) is 47.6 Å². The topological polar surface area (TPSA) is 175 Å². The molecular formula is C31H46N6O7S4. The van der Waals surface area contributed by atoms with Gasteiger partial charge in [0, 0.05) is 72.3 Å². The molecule has 5 N–H and O–H groups in total. The zero-order chi connectivity index (χ0) is 34.9. The number of carbonyl (C=O) groups is 3. The molecule has 2 aromatic carbocycles. The summed E-state index contributed by atoms with van der Waals surface area (Å²) in [6.07, 6.45) is 4.14. The molecule has 2 saturated heterocycles. The zero-order valence-corrected chi connectivity index (χ0v) is 30.8. The third-order valence-electron chi connectivity index (χ3n) is 8.47. The molecule has 0 spiro atoms. The molecule has 13 nitrogen and oxygen atoms in total. The number of unbranched alkanes of at least 4 members (excludes halogenated alkanes) is 2. The second-order valence-electron chi connectivity index (χ2n) is 12.1. The highest BCUT2D eigenvalue weighted by molar-refractivity contribution is 8.30. The van der Waals surface area contributed by atoms with Crippen molar-refractivity contribution in [3.05, 3.63) is 36.4 Å². The Labute approximate surface area is 292 Å². The number of hydrogen-bond donors (Lipinski definition) is 5. The summed E-state index contributed by atoms with van der Waals surface area (Å²) in [6, 6.07) is 9.57. The quantitative estimate of drug-likeness (QED) is 0.106. The Balaban J connectivity index is 1.29. The van der Waals surface area contributed by atoms with Gasteiger partial charge in [0.1, 0.15) is 14.8 Å². The molecule has 0 bridgehead atoms. The average molecular weight is 743 g/mol. The largest absolute Gasteiger partial charge is 0.377 e. The minimum absolute atomic E-state index is 0.0457. The Morgan fingerprint density at radius 3 is 2.52 bits per heavy atom. The first kappa shape index (κ1) is 38.1. The number of rotatable bonds is 19. The molecule has 5 atom stereocenters. The van der Waals surface area contributed by atoms with Gasteiger partial charge in [0.15, 0.2) is 0 Å². The van der Waals surface area contributed by atoms with E-state index >= 15 is 0 Å². The lowest BCUT2D eigenvalue weighted by molar-refractivity contribution is -0.123. The molecule has 1 unspecified atom stereocenters. The normalized spacial score (nSPS) is 20.7. The standard InChI is InChI=1S/C31H46N6O7S4/c1-37(2)25-13-8-11-22-21(25)10-9-15-27(22)48(42,43)36-23(30(39)33-18-19-47(41,45)44-3)12-6-7-17-32-28(38)16-5-4-14-26-29-24(20-46-26)34-31(40)35-29/h8-11,13,15,23-24,26,29,36H,4-7,12,14,16-20H2,1-3H3,(H,32,38)(H,33,39)(H2,34,35,40)/t23-,24-,26-,29+,47?/m0/s1. The molecule has 2 heterocycles. The fourth-order valence-corrected chi connectivity index (χ4v) is 9.72. The van der Waals surface area contributed by atoms with Crippen LogP contribution in [0.1, 0.15) is 44.9 Å². The molecule has 2 aliphatic rings. The number of nitrogens with zero attached hydrogens (tertiary/aromatic N) is 1.